The highest BCUT2D eigenvalue weighted by atomic mass is 35.5. The van der Waals surface area contributed by atoms with Crippen molar-refractivity contribution in [3.05, 3.63) is 77.2 Å². The minimum Gasteiger partial charge on any atom is -0.263 e. The van der Waals surface area contributed by atoms with Crippen molar-refractivity contribution >= 4 is 24.6 Å². The lowest BCUT2D eigenvalue weighted by Crippen LogP contribution is -1.91. The molecule has 0 aliphatic carbocycles. The van der Waals surface area contributed by atoms with Crippen molar-refractivity contribution in [1.82, 2.24) is 30.6 Å². The van der Waals surface area contributed by atoms with E-state index in [1.54, 1.807) is 6.20 Å². The van der Waals surface area contributed by atoms with Crippen LogP contribution in [0.3, 0.4) is 0 Å². The van der Waals surface area contributed by atoms with Crippen molar-refractivity contribution < 1.29 is 0 Å². The van der Waals surface area contributed by atoms with E-state index in [-0.39, 0.29) is 12.4 Å². The molecule has 0 aliphatic heterocycles. The lowest BCUT2D eigenvalue weighted by molar-refractivity contribution is 0.881. The monoisotopic (exact) mass is 390 g/mol. The van der Waals surface area contributed by atoms with Crippen molar-refractivity contribution in [2.24, 2.45) is 0 Å². The summed E-state index contributed by atoms with van der Waals surface area (Å²) in [7, 11) is 0. The van der Waals surface area contributed by atoms with E-state index in [9.17, 15) is 0 Å². The zero-order chi connectivity index (χ0) is 18.6. The maximum atomic E-state index is 4.44. The first kappa shape index (κ1) is 19.4. The number of hydrogen-bond acceptors (Lipinski definition) is 5. The van der Waals surface area contributed by atoms with Gasteiger partial charge in [-0.15, -0.1) is 22.6 Å². The fourth-order valence-corrected chi connectivity index (χ4v) is 3.05. The molecule has 0 unspecified atom stereocenters. The van der Waals surface area contributed by atoms with Gasteiger partial charge in [0.15, 0.2) is 0 Å². The molecular formula is C21H19ClN6. The van der Waals surface area contributed by atoms with E-state index in [0.29, 0.717) is 5.82 Å². The van der Waals surface area contributed by atoms with Crippen LogP contribution in [-0.4, -0.2) is 30.6 Å². The van der Waals surface area contributed by atoms with Gasteiger partial charge in [-0.2, -0.15) is 5.21 Å². The molecule has 1 aromatic carbocycles. The quantitative estimate of drug-likeness (QED) is 0.553. The predicted molar refractivity (Wildman–Crippen MR) is 113 cm³/mol. The van der Waals surface area contributed by atoms with Gasteiger partial charge >= 0.3 is 0 Å². The highest BCUT2D eigenvalue weighted by Gasteiger charge is 2.06. The number of tetrazole rings is 1. The van der Waals surface area contributed by atoms with E-state index >= 15 is 0 Å². The first-order valence-corrected chi connectivity index (χ1v) is 8.60. The Bertz CT molecular complexity index is 1070. The first-order valence-electron chi connectivity index (χ1n) is 8.60. The Morgan fingerprint density at radius 3 is 2.43 bits per heavy atom. The molecule has 3 heterocycles. The number of rotatable bonds is 4. The van der Waals surface area contributed by atoms with E-state index in [2.05, 4.69) is 62.6 Å². The Labute approximate surface area is 169 Å². The van der Waals surface area contributed by atoms with Gasteiger partial charge < -0.3 is 0 Å². The van der Waals surface area contributed by atoms with Gasteiger partial charge in [0.25, 0.3) is 0 Å². The van der Waals surface area contributed by atoms with Crippen LogP contribution in [0, 0.1) is 13.8 Å². The fraction of sp³-hybridized carbons (Fsp3) is 0.0952. The molecular weight excluding hydrogens is 372 g/mol. The molecule has 1 N–H and O–H groups in total. The molecule has 0 fully saturated rings. The molecule has 3 aromatic heterocycles. The van der Waals surface area contributed by atoms with Crippen molar-refractivity contribution in [2.75, 3.05) is 0 Å². The number of aromatic nitrogens is 6. The Hall–Kier alpha value is -3.38. The molecule has 0 aliphatic rings. The summed E-state index contributed by atoms with van der Waals surface area (Å²) < 4.78 is 0. The Morgan fingerprint density at radius 1 is 0.929 bits per heavy atom. The minimum atomic E-state index is 0. The van der Waals surface area contributed by atoms with Gasteiger partial charge in [0.2, 0.25) is 5.82 Å². The molecule has 0 atom stereocenters. The normalized spacial score (nSPS) is 10.8. The Kier molecular flexibility index (Phi) is 5.91. The molecule has 140 valence electrons. The molecule has 6 nitrogen and oxygen atoms in total. The van der Waals surface area contributed by atoms with Gasteiger partial charge in [0, 0.05) is 29.7 Å². The van der Waals surface area contributed by atoms with Gasteiger partial charge in [-0.25, -0.2) is 0 Å². The summed E-state index contributed by atoms with van der Waals surface area (Å²) in [6.07, 6.45) is 9.52. The molecule has 0 saturated carbocycles. The third-order valence-electron chi connectivity index (χ3n) is 4.36. The number of benzene rings is 1. The molecule has 28 heavy (non-hydrogen) atoms. The molecule has 4 rings (SSSR count). The maximum Gasteiger partial charge on any atom is 0.206 e. The number of halogens is 1. The second-order valence-corrected chi connectivity index (χ2v) is 6.31. The van der Waals surface area contributed by atoms with Gasteiger partial charge in [-0.1, -0.05) is 18.2 Å². The van der Waals surface area contributed by atoms with E-state index in [1.165, 1.54) is 16.7 Å². The third-order valence-corrected chi connectivity index (χ3v) is 4.36. The number of H-pyrrole nitrogens is 1. The largest absolute Gasteiger partial charge is 0.263 e. The molecule has 4 aromatic rings. The van der Waals surface area contributed by atoms with Crippen LogP contribution in [0.1, 0.15) is 22.3 Å². The van der Waals surface area contributed by atoms with Gasteiger partial charge in [-0.3, -0.25) is 9.97 Å². The molecule has 7 heteroatoms. The average Bonchev–Trinajstić information content (AvgIpc) is 3.23. The van der Waals surface area contributed by atoms with Crippen LogP contribution in [0.2, 0.25) is 0 Å². The highest BCUT2D eigenvalue weighted by Crippen LogP contribution is 2.25. The topological polar surface area (TPSA) is 80.2 Å². The first-order chi connectivity index (χ1) is 13.2. The minimum absolute atomic E-state index is 0. The van der Waals surface area contributed by atoms with Crippen molar-refractivity contribution in [1.29, 1.82) is 0 Å². The molecule has 0 bridgehead atoms. The van der Waals surface area contributed by atoms with E-state index < -0.39 is 0 Å². The number of nitrogens with one attached hydrogen (secondary N) is 1. The highest BCUT2D eigenvalue weighted by molar-refractivity contribution is 5.85. The van der Waals surface area contributed by atoms with E-state index in [1.807, 2.05) is 42.7 Å². The summed E-state index contributed by atoms with van der Waals surface area (Å²) in [5.74, 6) is 0.532. The second kappa shape index (κ2) is 8.54. The van der Waals surface area contributed by atoms with Gasteiger partial charge in [0.05, 0.1) is 5.69 Å². The number of hydrogen-bond donors (Lipinski definition) is 1. The summed E-state index contributed by atoms with van der Waals surface area (Å²) in [5, 5.41) is 14.0. The summed E-state index contributed by atoms with van der Waals surface area (Å²) in [6, 6.07) is 12.3. The zero-order valence-electron chi connectivity index (χ0n) is 15.5. The number of pyridine rings is 2. The smallest absolute Gasteiger partial charge is 0.206 e. The number of aromatic amines is 1. The van der Waals surface area contributed by atoms with Crippen LogP contribution < -0.4 is 0 Å². The standard InChI is InChI=1S/C21H18N6.ClH/c1-14-9-17(20-5-3-4-8-23-20)10-15(2)19(14)7-6-16-11-18(13-22-12-16)21-24-26-27-25-21;/h3-13H,1-2H3,(H,24,25,26,27);1H/b7-6+;. The van der Waals surface area contributed by atoms with Crippen LogP contribution in [-0.2, 0) is 0 Å². The maximum absolute atomic E-state index is 4.44. The number of aryl methyl sites for hydroxylation is 2. The van der Waals surface area contributed by atoms with Crippen LogP contribution in [0.15, 0.2) is 55.0 Å². The summed E-state index contributed by atoms with van der Waals surface area (Å²) in [5.41, 5.74) is 7.51. The molecule has 0 radical (unpaired) electrons. The average molecular weight is 391 g/mol. The predicted octanol–water partition coefficient (Wildman–Crippen LogP) is 4.53. The van der Waals surface area contributed by atoms with Crippen molar-refractivity contribution in [3.8, 4) is 22.6 Å². The molecule has 0 spiro atoms. The van der Waals surface area contributed by atoms with Crippen LogP contribution >= 0.6 is 12.4 Å². The second-order valence-electron chi connectivity index (χ2n) is 6.31. The van der Waals surface area contributed by atoms with E-state index in [0.717, 1.165) is 22.4 Å². The Morgan fingerprint density at radius 2 is 1.75 bits per heavy atom. The van der Waals surface area contributed by atoms with Crippen molar-refractivity contribution in [3.63, 3.8) is 0 Å². The lowest BCUT2D eigenvalue weighted by Gasteiger charge is -2.09. The van der Waals surface area contributed by atoms with Gasteiger partial charge in [0.1, 0.15) is 0 Å². The Balaban J connectivity index is 0.00000225. The fourth-order valence-electron chi connectivity index (χ4n) is 3.05. The lowest BCUT2D eigenvalue weighted by atomic mass is 9.97. The van der Waals surface area contributed by atoms with Crippen LogP contribution in [0.5, 0.6) is 0 Å². The van der Waals surface area contributed by atoms with E-state index in [4.69, 9.17) is 0 Å². The SMILES string of the molecule is Cc1cc(-c2ccccn2)cc(C)c1/C=C/c1cncc(-c2nn[nH]n2)c1.Cl. The zero-order valence-corrected chi connectivity index (χ0v) is 16.3. The van der Waals surface area contributed by atoms with Crippen molar-refractivity contribution in [2.45, 2.75) is 13.8 Å². The van der Waals surface area contributed by atoms with Crippen LogP contribution in [0.4, 0.5) is 0 Å². The summed E-state index contributed by atoms with van der Waals surface area (Å²) in [4.78, 5) is 8.71. The molecule has 0 saturated heterocycles. The summed E-state index contributed by atoms with van der Waals surface area (Å²) in [6.45, 7) is 4.24. The van der Waals surface area contributed by atoms with Gasteiger partial charge in [-0.05, 0) is 71.6 Å². The number of nitrogens with zero attached hydrogens (tertiary/aromatic N) is 5. The molecule has 0 amide bonds. The third kappa shape index (κ3) is 4.13. The summed E-state index contributed by atoms with van der Waals surface area (Å²) >= 11 is 0. The van der Waals surface area contributed by atoms with Crippen LogP contribution in [0.25, 0.3) is 34.8 Å².